The highest BCUT2D eigenvalue weighted by molar-refractivity contribution is 5.27. The average molecular weight is 233 g/mol. The highest BCUT2D eigenvalue weighted by Gasteiger charge is 2.15. The van der Waals surface area contributed by atoms with Crippen LogP contribution in [0.15, 0.2) is 36.5 Å². The maximum Gasteiger partial charge on any atom is 0.123 e. The third kappa shape index (κ3) is 2.71. The smallest absolute Gasteiger partial charge is 0.123 e. The second-order valence-corrected chi connectivity index (χ2v) is 3.96. The Balaban J connectivity index is 2.35. The zero-order chi connectivity index (χ0) is 12.3. The van der Waals surface area contributed by atoms with Crippen molar-refractivity contribution in [2.24, 2.45) is 7.05 Å². The molecule has 0 fully saturated rings. The summed E-state index contributed by atoms with van der Waals surface area (Å²) in [4.78, 5) is 0. The lowest BCUT2D eigenvalue weighted by atomic mass is 10.0. The molecule has 0 aliphatic carbocycles. The molecule has 4 heteroatoms. The normalized spacial score (nSPS) is 12.6. The van der Waals surface area contributed by atoms with Gasteiger partial charge in [0.1, 0.15) is 5.82 Å². The van der Waals surface area contributed by atoms with Gasteiger partial charge in [0.05, 0.1) is 11.7 Å². The number of nitrogens with zero attached hydrogens (tertiary/aromatic N) is 2. The number of aromatic nitrogens is 2. The number of benzene rings is 1. The lowest BCUT2D eigenvalue weighted by Gasteiger charge is -2.16. The van der Waals surface area contributed by atoms with Gasteiger partial charge in [0.25, 0.3) is 0 Å². The van der Waals surface area contributed by atoms with Crippen LogP contribution in [-0.2, 0) is 7.05 Å². The van der Waals surface area contributed by atoms with Gasteiger partial charge in [0.2, 0.25) is 0 Å². The maximum atomic E-state index is 13.2. The quantitative estimate of drug-likeness (QED) is 0.877. The fourth-order valence-electron chi connectivity index (χ4n) is 1.87. The number of nitrogens with one attached hydrogen (secondary N) is 1. The molecule has 1 atom stereocenters. The number of aryl methyl sites for hydroxylation is 1. The van der Waals surface area contributed by atoms with Gasteiger partial charge in [-0.2, -0.15) is 5.10 Å². The van der Waals surface area contributed by atoms with Crippen LogP contribution >= 0.6 is 0 Å². The Kier molecular flexibility index (Phi) is 3.54. The lowest BCUT2D eigenvalue weighted by molar-refractivity contribution is 0.586. The van der Waals surface area contributed by atoms with E-state index in [2.05, 4.69) is 10.4 Å². The Hall–Kier alpha value is -1.68. The monoisotopic (exact) mass is 233 g/mol. The summed E-state index contributed by atoms with van der Waals surface area (Å²) in [5.41, 5.74) is 1.80. The molecule has 1 N–H and O–H groups in total. The van der Waals surface area contributed by atoms with Crippen molar-refractivity contribution in [1.82, 2.24) is 15.1 Å². The summed E-state index contributed by atoms with van der Waals surface area (Å²) in [5.74, 6) is -0.221. The van der Waals surface area contributed by atoms with Crippen LogP contribution in [0.3, 0.4) is 0 Å². The van der Waals surface area contributed by atoms with Crippen molar-refractivity contribution in [3.05, 3.63) is 53.6 Å². The minimum atomic E-state index is -0.221. The highest BCUT2D eigenvalue weighted by atomic mass is 19.1. The van der Waals surface area contributed by atoms with E-state index in [-0.39, 0.29) is 11.9 Å². The fourth-order valence-corrected chi connectivity index (χ4v) is 1.87. The van der Waals surface area contributed by atoms with Crippen molar-refractivity contribution < 1.29 is 4.39 Å². The molecular weight excluding hydrogens is 217 g/mol. The molecule has 3 nitrogen and oxygen atoms in total. The first-order valence-corrected chi connectivity index (χ1v) is 5.69. The fraction of sp³-hybridized carbons (Fsp3) is 0.308. The van der Waals surface area contributed by atoms with Gasteiger partial charge in [0, 0.05) is 13.2 Å². The number of rotatable bonds is 4. The molecular formula is C13H16FN3. The first-order valence-electron chi connectivity index (χ1n) is 5.69. The molecule has 0 amide bonds. The van der Waals surface area contributed by atoms with Crippen molar-refractivity contribution in [2.45, 2.75) is 13.0 Å². The molecule has 0 bridgehead atoms. The topological polar surface area (TPSA) is 29.9 Å². The van der Waals surface area contributed by atoms with Crippen molar-refractivity contribution in [2.75, 3.05) is 6.54 Å². The molecule has 0 saturated carbocycles. The largest absolute Gasteiger partial charge is 0.305 e. The van der Waals surface area contributed by atoms with Crippen molar-refractivity contribution in [3.8, 4) is 0 Å². The SMILES string of the molecule is CCNC(c1cccc(F)c1)c1ccn(C)n1. The van der Waals surface area contributed by atoms with Gasteiger partial charge < -0.3 is 5.32 Å². The van der Waals surface area contributed by atoms with E-state index in [1.54, 1.807) is 16.8 Å². The Morgan fingerprint density at radius 1 is 1.41 bits per heavy atom. The van der Waals surface area contributed by atoms with Gasteiger partial charge in [-0.15, -0.1) is 0 Å². The van der Waals surface area contributed by atoms with Crippen LogP contribution in [0.1, 0.15) is 24.2 Å². The molecule has 17 heavy (non-hydrogen) atoms. The predicted molar refractivity (Wildman–Crippen MR) is 65.1 cm³/mol. The Morgan fingerprint density at radius 2 is 2.24 bits per heavy atom. The van der Waals surface area contributed by atoms with Crippen molar-refractivity contribution in [1.29, 1.82) is 0 Å². The van der Waals surface area contributed by atoms with Crippen molar-refractivity contribution >= 4 is 0 Å². The third-order valence-corrected chi connectivity index (χ3v) is 2.62. The van der Waals surface area contributed by atoms with E-state index in [0.29, 0.717) is 0 Å². The summed E-state index contributed by atoms with van der Waals surface area (Å²) in [6, 6.07) is 8.51. The molecule has 0 spiro atoms. The van der Waals surface area contributed by atoms with Crippen LogP contribution in [0, 0.1) is 5.82 Å². The Bertz CT molecular complexity index is 493. The summed E-state index contributed by atoms with van der Waals surface area (Å²) >= 11 is 0. The van der Waals surface area contributed by atoms with E-state index in [4.69, 9.17) is 0 Å². The summed E-state index contributed by atoms with van der Waals surface area (Å²) in [6.07, 6.45) is 1.89. The molecule has 0 saturated heterocycles. The van der Waals surface area contributed by atoms with E-state index in [1.807, 2.05) is 32.3 Å². The summed E-state index contributed by atoms with van der Waals surface area (Å²) < 4.78 is 15.0. The molecule has 2 rings (SSSR count). The van der Waals surface area contributed by atoms with Crippen LogP contribution in [0.5, 0.6) is 0 Å². The minimum absolute atomic E-state index is 0.0584. The number of hydrogen-bond donors (Lipinski definition) is 1. The molecule has 90 valence electrons. The average Bonchev–Trinajstić information content (AvgIpc) is 2.72. The summed E-state index contributed by atoms with van der Waals surface area (Å²) in [5, 5.41) is 7.68. The highest BCUT2D eigenvalue weighted by Crippen LogP contribution is 2.20. The van der Waals surface area contributed by atoms with Crippen LogP contribution < -0.4 is 5.32 Å². The maximum absolute atomic E-state index is 13.2. The lowest BCUT2D eigenvalue weighted by Crippen LogP contribution is -2.22. The molecule has 1 heterocycles. The first-order chi connectivity index (χ1) is 8.20. The van der Waals surface area contributed by atoms with E-state index in [9.17, 15) is 4.39 Å². The first kappa shape index (κ1) is 11.8. The molecule has 2 aromatic rings. The third-order valence-electron chi connectivity index (χ3n) is 2.62. The van der Waals surface area contributed by atoms with Crippen LogP contribution in [0.4, 0.5) is 4.39 Å². The van der Waals surface area contributed by atoms with Crippen LogP contribution in [0.2, 0.25) is 0 Å². The molecule has 1 aromatic carbocycles. The number of halogens is 1. The minimum Gasteiger partial charge on any atom is -0.305 e. The second kappa shape index (κ2) is 5.10. The van der Waals surface area contributed by atoms with Crippen LogP contribution in [-0.4, -0.2) is 16.3 Å². The molecule has 1 unspecified atom stereocenters. The Morgan fingerprint density at radius 3 is 2.82 bits per heavy atom. The predicted octanol–water partition coefficient (Wildman–Crippen LogP) is 2.26. The van der Waals surface area contributed by atoms with Gasteiger partial charge in [0.15, 0.2) is 0 Å². The van der Waals surface area contributed by atoms with Gasteiger partial charge in [-0.1, -0.05) is 19.1 Å². The standard InChI is InChI=1S/C13H16FN3/c1-3-15-13(12-7-8-17(2)16-12)10-5-4-6-11(14)9-10/h4-9,13,15H,3H2,1-2H3. The van der Waals surface area contributed by atoms with Gasteiger partial charge >= 0.3 is 0 Å². The van der Waals surface area contributed by atoms with Gasteiger partial charge in [-0.3, -0.25) is 4.68 Å². The van der Waals surface area contributed by atoms with E-state index >= 15 is 0 Å². The molecule has 0 aliphatic rings. The number of hydrogen-bond acceptors (Lipinski definition) is 2. The molecule has 1 aromatic heterocycles. The van der Waals surface area contributed by atoms with Crippen molar-refractivity contribution in [3.63, 3.8) is 0 Å². The summed E-state index contributed by atoms with van der Waals surface area (Å²) in [6.45, 7) is 2.83. The Labute approximate surface area is 100 Å². The summed E-state index contributed by atoms with van der Waals surface area (Å²) in [7, 11) is 1.87. The van der Waals surface area contributed by atoms with Gasteiger partial charge in [-0.05, 0) is 30.3 Å². The molecule has 0 aliphatic heterocycles. The van der Waals surface area contributed by atoms with Crippen LogP contribution in [0.25, 0.3) is 0 Å². The van der Waals surface area contributed by atoms with Gasteiger partial charge in [-0.25, -0.2) is 4.39 Å². The van der Waals surface area contributed by atoms with E-state index < -0.39 is 0 Å². The zero-order valence-electron chi connectivity index (χ0n) is 10.0. The molecule has 0 radical (unpaired) electrons. The zero-order valence-corrected chi connectivity index (χ0v) is 10.0. The van der Waals surface area contributed by atoms with E-state index in [0.717, 1.165) is 17.8 Å². The van der Waals surface area contributed by atoms with E-state index in [1.165, 1.54) is 6.07 Å². The second-order valence-electron chi connectivity index (χ2n) is 3.96.